The maximum Gasteiger partial charge on any atom is 0.139 e. The summed E-state index contributed by atoms with van der Waals surface area (Å²) in [7, 11) is 0. The van der Waals surface area contributed by atoms with Crippen LogP contribution in [0.3, 0.4) is 0 Å². The molecule has 2 rings (SSSR count). The van der Waals surface area contributed by atoms with Crippen LogP contribution in [0.25, 0.3) is 0 Å². The first-order chi connectivity index (χ1) is 14.5. The van der Waals surface area contributed by atoms with Gasteiger partial charge < -0.3 is 24.8 Å². The Morgan fingerprint density at radius 3 is 2.40 bits per heavy atom. The summed E-state index contributed by atoms with van der Waals surface area (Å²) in [5.41, 5.74) is 0.366. The standard InChI is InChI=1S/C23H39N3O4/c1-5-8-13-27-17-20-22(28-14-9-6-2)23(4,29-15-10-7-3)21(30-20)19-12-11-18(16-24)26(19)25/h11-12,20-22H,5-10,13-15,17,25H2,1-4H3/t20-,21+,22-,23+/m1/s1. The van der Waals surface area contributed by atoms with Gasteiger partial charge in [-0.1, -0.05) is 40.0 Å². The number of nitrogen functional groups attached to an aromatic ring is 1. The molecular weight excluding hydrogens is 382 g/mol. The lowest BCUT2D eigenvalue weighted by Gasteiger charge is -2.35. The van der Waals surface area contributed by atoms with Crippen molar-refractivity contribution in [1.29, 1.82) is 5.26 Å². The van der Waals surface area contributed by atoms with E-state index < -0.39 is 11.7 Å². The van der Waals surface area contributed by atoms with Crippen molar-refractivity contribution >= 4 is 0 Å². The van der Waals surface area contributed by atoms with Gasteiger partial charge in [-0.3, -0.25) is 4.68 Å². The van der Waals surface area contributed by atoms with E-state index in [9.17, 15) is 5.26 Å². The minimum absolute atomic E-state index is 0.268. The summed E-state index contributed by atoms with van der Waals surface area (Å²) in [6.07, 6.45) is 5.11. The predicted octanol–water partition coefficient (Wildman–Crippen LogP) is 4.09. The molecule has 0 aromatic carbocycles. The molecule has 0 aliphatic carbocycles. The molecule has 1 aliphatic rings. The number of unbranched alkanes of at least 4 members (excludes halogenated alkanes) is 3. The van der Waals surface area contributed by atoms with E-state index in [2.05, 4.69) is 26.8 Å². The maximum absolute atomic E-state index is 9.32. The van der Waals surface area contributed by atoms with Crippen LogP contribution in [-0.4, -0.2) is 48.9 Å². The highest BCUT2D eigenvalue weighted by Gasteiger charge is 2.57. The van der Waals surface area contributed by atoms with Gasteiger partial charge in [0.15, 0.2) is 0 Å². The van der Waals surface area contributed by atoms with E-state index in [4.69, 9.17) is 24.8 Å². The van der Waals surface area contributed by atoms with E-state index in [1.807, 2.05) is 13.0 Å². The number of hydrogen-bond donors (Lipinski definition) is 1. The smallest absolute Gasteiger partial charge is 0.139 e. The van der Waals surface area contributed by atoms with Crippen LogP contribution in [-0.2, 0) is 18.9 Å². The molecule has 0 saturated carbocycles. The van der Waals surface area contributed by atoms with Gasteiger partial charge >= 0.3 is 0 Å². The highest BCUT2D eigenvalue weighted by molar-refractivity contribution is 5.30. The molecule has 7 heteroatoms. The zero-order valence-corrected chi connectivity index (χ0v) is 19.1. The summed E-state index contributed by atoms with van der Waals surface area (Å²) in [5.74, 6) is 6.21. The van der Waals surface area contributed by atoms with E-state index in [1.54, 1.807) is 6.07 Å². The lowest BCUT2D eigenvalue weighted by molar-refractivity contribution is -0.138. The molecule has 1 aromatic rings. The third kappa shape index (κ3) is 5.76. The van der Waals surface area contributed by atoms with Crippen molar-refractivity contribution in [3.05, 3.63) is 23.5 Å². The molecule has 170 valence electrons. The SMILES string of the molecule is CCCCOC[C@H]1O[C@@H](c2ccc(C#N)n2N)[C@](C)(OCCCC)[C@@H]1OCCCC. The van der Waals surface area contributed by atoms with Crippen molar-refractivity contribution in [1.82, 2.24) is 4.68 Å². The number of nitrogens with zero attached hydrogens (tertiary/aromatic N) is 2. The number of nitrogens with two attached hydrogens (primary N) is 1. The molecule has 4 atom stereocenters. The average molecular weight is 422 g/mol. The molecule has 1 fully saturated rings. The van der Waals surface area contributed by atoms with E-state index in [1.165, 1.54) is 4.68 Å². The third-order valence-corrected chi connectivity index (χ3v) is 5.70. The number of aromatic nitrogens is 1. The van der Waals surface area contributed by atoms with Gasteiger partial charge in [0, 0.05) is 19.8 Å². The second-order valence-corrected chi connectivity index (χ2v) is 8.14. The molecule has 1 aromatic heterocycles. The molecule has 30 heavy (non-hydrogen) atoms. The van der Waals surface area contributed by atoms with Gasteiger partial charge in [-0.2, -0.15) is 5.26 Å². The Hall–Kier alpha value is -1.59. The number of ether oxygens (including phenoxy) is 4. The quantitative estimate of drug-likeness (QED) is 0.359. The molecule has 1 saturated heterocycles. The molecule has 7 nitrogen and oxygen atoms in total. The van der Waals surface area contributed by atoms with Gasteiger partial charge in [-0.05, 0) is 38.3 Å². The van der Waals surface area contributed by atoms with Crippen LogP contribution in [0.5, 0.6) is 0 Å². The van der Waals surface area contributed by atoms with Gasteiger partial charge in [0.25, 0.3) is 0 Å². The second-order valence-electron chi connectivity index (χ2n) is 8.14. The van der Waals surface area contributed by atoms with Crippen LogP contribution in [0.4, 0.5) is 0 Å². The summed E-state index contributed by atoms with van der Waals surface area (Å²) in [6, 6.07) is 5.67. The van der Waals surface area contributed by atoms with Crippen LogP contribution < -0.4 is 5.84 Å². The average Bonchev–Trinajstić information content (AvgIpc) is 3.23. The summed E-state index contributed by atoms with van der Waals surface area (Å²) in [6.45, 7) is 10.8. The molecule has 0 bridgehead atoms. The first kappa shape index (κ1) is 24.7. The molecular formula is C23H39N3O4. The zero-order valence-electron chi connectivity index (χ0n) is 19.1. The number of nitriles is 1. The van der Waals surface area contributed by atoms with Crippen LogP contribution in [0.15, 0.2) is 12.1 Å². The van der Waals surface area contributed by atoms with Crippen molar-refractivity contribution in [3.63, 3.8) is 0 Å². The Morgan fingerprint density at radius 1 is 1.10 bits per heavy atom. The molecule has 0 radical (unpaired) electrons. The van der Waals surface area contributed by atoms with Crippen LogP contribution in [0, 0.1) is 11.3 Å². The molecule has 2 N–H and O–H groups in total. The molecule has 2 heterocycles. The third-order valence-electron chi connectivity index (χ3n) is 5.70. The van der Waals surface area contributed by atoms with Crippen LogP contribution in [0.1, 0.15) is 83.7 Å². The van der Waals surface area contributed by atoms with Gasteiger partial charge in [0.1, 0.15) is 35.7 Å². The Morgan fingerprint density at radius 2 is 1.77 bits per heavy atom. The van der Waals surface area contributed by atoms with Gasteiger partial charge in [-0.15, -0.1) is 0 Å². The second kappa shape index (κ2) is 12.3. The van der Waals surface area contributed by atoms with E-state index in [0.29, 0.717) is 37.8 Å². The van der Waals surface area contributed by atoms with Crippen molar-refractivity contribution in [2.75, 3.05) is 32.3 Å². The van der Waals surface area contributed by atoms with Gasteiger partial charge in [-0.25, -0.2) is 0 Å². The Labute approximate surface area is 181 Å². The summed E-state index contributed by atoms with van der Waals surface area (Å²) < 4.78 is 26.6. The zero-order chi connectivity index (χ0) is 22.0. The van der Waals surface area contributed by atoms with Crippen molar-refractivity contribution in [2.24, 2.45) is 0 Å². The Balaban J connectivity index is 2.31. The fourth-order valence-electron chi connectivity index (χ4n) is 3.83. The Bertz CT molecular complexity index is 672. The highest BCUT2D eigenvalue weighted by Crippen LogP contribution is 2.46. The first-order valence-electron chi connectivity index (χ1n) is 11.4. The lowest BCUT2D eigenvalue weighted by Crippen LogP contribution is -2.48. The predicted molar refractivity (Wildman–Crippen MR) is 117 cm³/mol. The minimum Gasteiger partial charge on any atom is -0.379 e. The topological polar surface area (TPSA) is 91.7 Å². The van der Waals surface area contributed by atoms with Crippen LogP contribution >= 0.6 is 0 Å². The highest BCUT2D eigenvalue weighted by atomic mass is 16.6. The van der Waals surface area contributed by atoms with Crippen molar-refractivity contribution < 1.29 is 18.9 Å². The van der Waals surface area contributed by atoms with Crippen molar-refractivity contribution in [3.8, 4) is 6.07 Å². The van der Waals surface area contributed by atoms with E-state index >= 15 is 0 Å². The van der Waals surface area contributed by atoms with Crippen molar-refractivity contribution in [2.45, 2.75) is 90.1 Å². The fraction of sp³-hybridized carbons (Fsp3) is 0.783. The van der Waals surface area contributed by atoms with Gasteiger partial charge in [0.2, 0.25) is 0 Å². The normalized spacial score (nSPS) is 26.2. The molecule has 0 unspecified atom stereocenters. The first-order valence-corrected chi connectivity index (χ1v) is 11.4. The molecule has 0 spiro atoms. The Kier molecular flexibility index (Phi) is 10.1. The number of rotatable bonds is 14. The molecule has 1 aliphatic heterocycles. The van der Waals surface area contributed by atoms with E-state index in [0.717, 1.165) is 38.5 Å². The summed E-state index contributed by atoms with van der Waals surface area (Å²) >= 11 is 0. The van der Waals surface area contributed by atoms with Crippen LogP contribution in [0.2, 0.25) is 0 Å². The largest absolute Gasteiger partial charge is 0.379 e. The van der Waals surface area contributed by atoms with Gasteiger partial charge in [0.05, 0.1) is 12.3 Å². The van der Waals surface area contributed by atoms with E-state index in [-0.39, 0.29) is 12.2 Å². The fourth-order valence-corrected chi connectivity index (χ4v) is 3.83. The monoisotopic (exact) mass is 421 g/mol. The minimum atomic E-state index is -0.732. The summed E-state index contributed by atoms with van der Waals surface area (Å²) in [5, 5.41) is 9.32. The maximum atomic E-state index is 9.32. The lowest BCUT2D eigenvalue weighted by atomic mass is 9.90. The number of hydrogen-bond acceptors (Lipinski definition) is 6. The summed E-state index contributed by atoms with van der Waals surface area (Å²) in [4.78, 5) is 0. The molecule has 0 amide bonds.